The first kappa shape index (κ1) is 14.6. The molecule has 2 aromatic rings. The summed E-state index contributed by atoms with van der Waals surface area (Å²) < 4.78 is 15.6. The van der Waals surface area contributed by atoms with Crippen LogP contribution in [0.2, 0.25) is 0 Å². The highest BCUT2D eigenvalue weighted by atomic mass is 16.6. The highest BCUT2D eigenvalue weighted by Gasteiger charge is 2.15. The molecule has 23 heavy (non-hydrogen) atoms. The van der Waals surface area contributed by atoms with Gasteiger partial charge in [-0.15, -0.1) is 0 Å². The fourth-order valence-corrected chi connectivity index (χ4v) is 1.91. The molecule has 0 bridgehead atoms. The van der Waals surface area contributed by atoms with Gasteiger partial charge in [-0.05, 0) is 24.3 Å². The van der Waals surface area contributed by atoms with E-state index in [1.807, 2.05) is 0 Å². The molecule has 118 valence electrons. The van der Waals surface area contributed by atoms with E-state index in [2.05, 4.69) is 10.5 Å². The molecule has 0 spiro atoms. The smallest absolute Gasteiger partial charge is 0.433 e. The summed E-state index contributed by atoms with van der Waals surface area (Å²) in [4.78, 5) is 21.8. The van der Waals surface area contributed by atoms with Crippen molar-refractivity contribution in [2.24, 2.45) is 5.10 Å². The molecule has 1 aromatic heterocycles. The van der Waals surface area contributed by atoms with Crippen LogP contribution in [0.25, 0.3) is 0 Å². The van der Waals surface area contributed by atoms with Crippen LogP contribution in [-0.4, -0.2) is 30.3 Å². The molecule has 9 heteroatoms. The van der Waals surface area contributed by atoms with Gasteiger partial charge in [0.1, 0.15) is 18.1 Å². The van der Waals surface area contributed by atoms with E-state index in [0.29, 0.717) is 30.3 Å². The standard InChI is InChI=1S/C14H11N3O6/c18-14(9-1-3-11-12(7-9)22-6-5-21-11)16-15-8-10-2-4-13(23-10)17(19)20/h1-4,7-8H,5-6H2,(H,16,18)/b15-8+. The van der Waals surface area contributed by atoms with E-state index in [1.54, 1.807) is 18.2 Å². The first-order chi connectivity index (χ1) is 11.1. The van der Waals surface area contributed by atoms with Gasteiger partial charge in [0, 0.05) is 5.56 Å². The molecule has 0 fully saturated rings. The normalized spacial score (nSPS) is 13.0. The van der Waals surface area contributed by atoms with Crippen molar-refractivity contribution in [3.8, 4) is 11.5 Å². The maximum atomic E-state index is 12.0. The predicted molar refractivity (Wildman–Crippen MR) is 77.9 cm³/mol. The molecule has 9 nitrogen and oxygen atoms in total. The number of hydrogen-bond acceptors (Lipinski definition) is 7. The minimum Gasteiger partial charge on any atom is -0.486 e. The number of ether oxygens (including phenoxy) is 2. The van der Waals surface area contributed by atoms with Gasteiger partial charge in [-0.1, -0.05) is 0 Å². The maximum Gasteiger partial charge on any atom is 0.433 e. The number of benzene rings is 1. The van der Waals surface area contributed by atoms with E-state index >= 15 is 0 Å². The van der Waals surface area contributed by atoms with Crippen LogP contribution >= 0.6 is 0 Å². The first-order valence-corrected chi connectivity index (χ1v) is 6.61. The van der Waals surface area contributed by atoms with Gasteiger partial charge in [0.25, 0.3) is 5.91 Å². The zero-order valence-electron chi connectivity index (χ0n) is 11.7. The third kappa shape index (κ3) is 3.28. The van der Waals surface area contributed by atoms with E-state index in [0.717, 1.165) is 0 Å². The van der Waals surface area contributed by atoms with Crippen molar-refractivity contribution in [2.75, 3.05) is 13.2 Å². The lowest BCUT2D eigenvalue weighted by molar-refractivity contribution is -0.402. The van der Waals surface area contributed by atoms with Gasteiger partial charge >= 0.3 is 5.88 Å². The molecule has 1 aromatic carbocycles. The Morgan fingerprint density at radius 2 is 2.00 bits per heavy atom. The molecule has 0 unspecified atom stereocenters. The molecular formula is C14H11N3O6. The lowest BCUT2D eigenvalue weighted by Gasteiger charge is -2.18. The second-order valence-corrected chi connectivity index (χ2v) is 4.49. The summed E-state index contributed by atoms with van der Waals surface area (Å²) in [5, 5.41) is 14.2. The van der Waals surface area contributed by atoms with E-state index in [1.165, 1.54) is 18.3 Å². The monoisotopic (exact) mass is 317 g/mol. The van der Waals surface area contributed by atoms with Gasteiger partial charge in [-0.2, -0.15) is 5.10 Å². The topological polar surface area (TPSA) is 116 Å². The molecule has 1 aliphatic heterocycles. The number of hydrazone groups is 1. The van der Waals surface area contributed by atoms with Crippen molar-refractivity contribution in [1.82, 2.24) is 5.43 Å². The lowest BCUT2D eigenvalue weighted by Crippen LogP contribution is -2.19. The highest BCUT2D eigenvalue weighted by Crippen LogP contribution is 2.30. The largest absolute Gasteiger partial charge is 0.486 e. The number of furan rings is 1. The Hall–Kier alpha value is -3.36. The number of carbonyl (C=O) groups excluding carboxylic acids is 1. The van der Waals surface area contributed by atoms with Crippen LogP contribution in [0.1, 0.15) is 16.1 Å². The lowest BCUT2D eigenvalue weighted by atomic mass is 10.2. The van der Waals surface area contributed by atoms with Crippen LogP contribution < -0.4 is 14.9 Å². The van der Waals surface area contributed by atoms with E-state index < -0.39 is 16.7 Å². The van der Waals surface area contributed by atoms with Gasteiger partial charge in [0.2, 0.25) is 0 Å². The third-order valence-corrected chi connectivity index (χ3v) is 2.95. The molecular weight excluding hydrogens is 306 g/mol. The number of nitro groups is 1. The van der Waals surface area contributed by atoms with Gasteiger partial charge in [0.05, 0.1) is 12.3 Å². The van der Waals surface area contributed by atoms with Gasteiger partial charge < -0.3 is 13.9 Å². The second kappa shape index (κ2) is 6.18. The number of fused-ring (bicyclic) bond motifs is 1. The van der Waals surface area contributed by atoms with Crippen molar-refractivity contribution in [1.29, 1.82) is 0 Å². The Bertz CT molecular complexity index is 783. The predicted octanol–water partition coefficient (Wildman–Crippen LogP) is 1.72. The van der Waals surface area contributed by atoms with Crippen LogP contribution in [0.5, 0.6) is 11.5 Å². The third-order valence-electron chi connectivity index (χ3n) is 2.95. The first-order valence-electron chi connectivity index (χ1n) is 6.61. The fraction of sp³-hybridized carbons (Fsp3) is 0.143. The summed E-state index contributed by atoms with van der Waals surface area (Å²) in [6, 6.07) is 7.35. The molecule has 1 N–H and O–H groups in total. The molecule has 0 atom stereocenters. The molecule has 3 rings (SSSR count). The van der Waals surface area contributed by atoms with Gasteiger partial charge in [-0.25, -0.2) is 5.43 Å². The SMILES string of the molecule is O=C(N/N=C/c1ccc([N+](=O)[O-])o1)c1ccc2c(c1)OCCO2. The maximum absolute atomic E-state index is 12.0. The van der Waals surface area contributed by atoms with Gasteiger partial charge in [0.15, 0.2) is 17.3 Å². The molecule has 0 saturated heterocycles. The molecule has 0 aliphatic carbocycles. The van der Waals surface area contributed by atoms with E-state index in [9.17, 15) is 14.9 Å². The summed E-state index contributed by atoms with van der Waals surface area (Å²) in [7, 11) is 0. The minimum atomic E-state index is -0.662. The van der Waals surface area contributed by atoms with E-state index in [4.69, 9.17) is 13.9 Å². The Labute approximate surface area is 129 Å². The number of carbonyl (C=O) groups is 1. The zero-order valence-corrected chi connectivity index (χ0v) is 11.7. The number of amides is 1. The van der Waals surface area contributed by atoms with Crippen LogP contribution in [-0.2, 0) is 0 Å². The number of nitrogens with one attached hydrogen (secondary N) is 1. The number of hydrogen-bond donors (Lipinski definition) is 1. The Kier molecular flexibility index (Phi) is 3.91. The zero-order chi connectivity index (χ0) is 16.2. The van der Waals surface area contributed by atoms with Crippen LogP contribution in [0.4, 0.5) is 5.88 Å². The Morgan fingerprint density at radius 1 is 1.22 bits per heavy atom. The fourth-order valence-electron chi connectivity index (χ4n) is 1.91. The highest BCUT2D eigenvalue weighted by molar-refractivity contribution is 5.95. The van der Waals surface area contributed by atoms with Crippen LogP contribution in [0.15, 0.2) is 39.9 Å². The van der Waals surface area contributed by atoms with Crippen molar-refractivity contribution in [3.05, 3.63) is 51.8 Å². The quantitative estimate of drug-likeness (QED) is 0.521. The van der Waals surface area contributed by atoms with Gasteiger partial charge in [-0.3, -0.25) is 14.9 Å². The minimum absolute atomic E-state index is 0.152. The average Bonchev–Trinajstić information content (AvgIpc) is 3.03. The average molecular weight is 317 g/mol. The Balaban J connectivity index is 1.64. The van der Waals surface area contributed by atoms with E-state index in [-0.39, 0.29) is 5.76 Å². The summed E-state index contributed by atoms with van der Waals surface area (Å²) >= 11 is 0. The summed E-state index contributed by atoms with van der Waals surface area (Å²) in [6.45, 7) is 0.894. The van der Waals surface area contributed by atoms with Crippen LogP contribution in [0, 0.1) is 10.1 Å². The van der Waals surface area contributed by atoms with Crippen LogP contribution in [0.3, 0.4) is 0 Å². The summed E-state index contributed by atoms with van der Waals surface area (Å²) in [5.74, 6) is 0.372. The molecule has 1 amide bonds. The molecule has 0 saturated carbocycles. The second-order valence-electron chi connectivity index (χ2n) is 4.49. The van der Waals surface area contributed by atoms with Crippen molar-refractivity contribution >= 4 is 18.0 Å². The Morgan fingerprint density at radius 3 is 2.74 bits per heavy atom. The van der Waals surface area contributed by atoms with Crippen molar-refractivity contribution in [3.63, 3.8) is 0 Å². The summed E-state index contributed by atoms with van der Waals surface area (Å²) in [5.41, 5.74) is 2.64. The number of nitrogens with zero attached hydrogens (tertiary/aromatic N) is 2. The summed E-state index contributed by atoms with van der Waals surface area (Å²) in [6.07, 6.45) is 1.17. The molecule has 0 radical (unpaired) electrons. The number of rotatable bonds is 4. The molecule has 1 aliphatic rings. The molecule has 2 heterocycles. The van der Waals surface area contributed by atoms with Crippen molar-refractivity contribution in [2.45, 2.75) is 0 Å². The van der Waals surface area contributed by atoms with Crippen molar-refractivity contribution < 1.29 is 23.6 Å².